The van der Waals surface area contributed by atoms with Crippen LogP contribution in [0.3, 0.4) is 0 Å². The molecule has 1 unspecified atom stereocenters. The standard InChI is InChI=1S/C15H25NO4/c1-10(2)14(3,4)12(18)16-8-7-11(17)15(5,9-16)13(19)20-6/h10H,7-9H2,1-6H3. The van der Waals surface area contributed by atoms with Crippen LogP contribution in [0.5, 0.6) is 0 Å². The van der Waals surface area contributed by atoms with Gasteiger partial charge >= 0.3 is 5.97 Å². The first-order chi connectivity index (χ1) is 9.07. The number of ketones is 1. The maximum atomic E-state index is 12.6. The molecule has 5 heteroatoms. The summed E-state index contributed by atoms with van der Waals surface area (Å²) >= 11 is 0. The van der Waals surface area contributed by atoms with Crippen LogP contribution in [0.15, 0.2) is 0 Å². The molecule has 0 bridgehead atoms. The molecule has 1 aliphatic heterocycles. The van der Waals surface area contributed by atoms with E-state index < -0.39 is 16.8 Å². The summed E-state index contributed by atoms with van der Waals surface area (Å²) < 4.78 is 4.73. The summed E-state index contributed by atoms with van der Waals surface area (Å²) in [7, 11) is 1.26. The Bertz CT molecular complexity index is 418. The van der Waals surface area contributed by atoms with Gasteiger partial charge in [-0.3, -0.25) is 14.4 Å². The number of piperidine rings is 1. The zero-order valence-electron chi connectivity index (χ0n) is 13.3. The number of methoxy groups -OCH3 is 1. The molecule has 1 fully saturated rings. The van der Waals surface area contributed by atoms with E-state index >= 15 is 0 Å². The Balaban J connectivity index is 2.99. The maximum Gasteiger partial charge on any atom is 0.320 e. The molecule has 1 rings (SSSR count). The van der Waals surface area contributed by atoms with Gasteiger partial charge in [-0.15, -0.1) is 0 Å². The van der Waals surface area contributed by atoms with Crippen LogP contribution in [0.4, 0.5) is 0 Å². The summed E-state index contributed by atoms with van der Waals surface area (Å²) in [4.78, 5) is 38.2. The van der Waals surface area contributed by atoms with E-state index in [1.165, 1.54) is 7.11 Å². The van der Waals surface area contributed by atoms with Crippen molar-refractivity contribution >= 4 is 17.7 Å². The Kier molecular flexibility index (Phi) is 4.62. The highest BCUT2D eigenvalue weighted by atomic mass is 16.5. The van der Waals surface area contributed by atoms with Gasteiger partial charge in [0.15, 0.2) is 5.78 Å². The van der Waals surface area contributed by atoms with Crippen LogP contribution >= 0.6 is 0 Å². The molecule has 0 saturated carbocycles. The minimum Gasteiger partial charge on any atom is -0.468 e. The lowest BCUT2D eigenvalue weighted by Crippen LogP contribution is -2.56. The van der Waals surface area contributed by atoms with E-state index in [9.17, 15) is 14.4 Å². The quantitative estimate of drug-likeness (QED) is 0.583. The number of hydrogen-bond donors (Lipinski definition) is 0. The molecule has 114 valence electrons. The largest absolute Gasteiger partial charge is 0.468 e. The zero-order chi connectivity index (χ0) is 15.7. The monoisotopic (exact) mass is 283 g/mol. The van der Waals surface area contributed by atoms with Gasteiger partial charge in [0.05, 0.1) is 7.11 Å². The van der Waals surface area contributed by atoms with Gasteiger partial charge < -0.3 is 9.64 Å². The normalized spacial score (nSPS) is 23.9. The molecular weight excluding hydrogens is 258 g/mol. The summed E-state index contributed by atoms with van der Waals surface area (Å²) in [6.07, 6.45) is 0.200. The number of rotatable bonds is 3. The summed E-state index contributed by atoms with van der Waals surface area (Å²) in [5.74, 6) is -0.565. The predicted octanol–water partition coefficient (Wildman–Crippen LogP) is 1.65. The van der Waals surface area contributed by atoms with Crippen LogP contribution in [0.1, 0.15) is 41.0 Å². The van der Waals surface area contributed by atoms with E-state index in [2.05, 4.69) is 0 Å². The number of likely N-dealkylation sites (tertiary alicyclic amines) is 1. The second kappa shape index (κ2) is 5.54. The third-order valence-electron chi connectivity index (χ3n) is 4.65. The first-order valence-electron chi connectivity index (χ1n) is 6.98. The summed E-state index contributed by atoms with van der Waals surface area (Å²) in [6.45, 7) is 9.81. The maximum absolute atomic E-state index is 12.6. The smallest absolute Gasteiger partial charge is 0.320 e. The van der Waals surface area contributed by atoms with Crippen LogP contribution in [0.25, 0.3) is 0 Å². The van der Waals surface area contributed by atoms with E-state index in [0.29, 0.717) is 6.54 Å². The molecular formula is C15H25NO4. The van der Waals surface area contributed by atoms with Gasteiger partial charge in [-0.2, -0.15) is 0 Å². The van der Waals surface area contributed by atoms with Crippen molar-refractivity contribution in [1.29, 1.82) is 0 Å². The van der Waals surface area contributed by atoms with E-state index in [4.69, 9.17) is 4.74 Å². The number of amides is 1. The summed E-state index contributed by atoms with van der Waals surface area (Å²) in [5.41, 5.74) is -1.76. The van der Waals surface area contributed by atoms with E-state index in [-0.39, 0.29) is 30.6 Å². The molecule has 0 spiro atoms. The molecule has 0 aromatic carbocycles. The molecule has 0 aromatic rings. The van der Waals surface area contributed by atoms with Crippen molar-refractivity contribution in [2.24, 2.45) is 16.7 Å². The number of hydrogen-bond acceptors (Lipinski definition) is 4. The summed E-state index contributed by atoms with van der Waals surface area (Å²) in [5, 5.41) is 0. The number of nitrogens with zero attached hydrogens (tertiary/aromatic N) is 1. The average molecular weight is 283 g/mol. The number of ether oxygens (including phenoxy) is 1. The van der Waals surface area contributed by atoms with E-state index in [1.807, 2.05) is 27.7 Å². The Morgan fingerprint density at radius 3 is 2.35 bits per heavy atom. The third-order valence-corrected chi connectivity index (χ3v) is 4.65. The fraction of sp³-hybridized carbons (Fsp3) is 0.800. The van der Waals surface area contributed by atoms with Gasteiger partial charge in [-0.05, 0) is 12.8 Å². The second-order valence-corrected chi connectivity index (χ2v) is 6.60. The Morgan fingerprint density at radius 2 is 1.90 bits per heavy atom. The zero-order valence-corrected chi connectivity index (χ0v) is 13.3. The fourth-order valence-corrected chi connectivity index (χ4v) is 2.29. The van der Waals surface area contributed by atoms with Crippen LogP contribution in [-0.2, 0) is 19.1 Å². The van der Waals surface area contributed by atoms with Gasteiger partial charge in [-0.1, -0.05) is 27.7 Å². The Labute approximate surface area is 120 Å². The molecule has 1 atom stereocenters. The molecule has 0 aliphatic carbocycles. The van der Waals surface area contributed by atoms with Crippen molar-refractivity contribution in [3.05, 3.63) is 0 Å². The SMILES string of the molecule is COC(=O)C1(C)CN(C(=O)C(C)(C)C(C)C)CCC1=O. The lowest BCUT2D eigenvalue weighted by Gasteiger charge is -2.41. The van der Waals surface area contributed by atoms with E-state index in [0.717, 1.165) is 0 Å². The number of carbonyl (C=O) groups is 3. The molecule has 0 radical (unpaired) electrons. The first kappa shape index (κ1) is 16.7. The molecule has 5 nitrogen and oxygen atoms in total. The van der Waals surface area contributed by atoms with Crippen LogP contribution < -0.4 is 0 Å². The van der Waals surface area contributed by atoms with Gasteiger partial charge in [0.1, 0.15) is 5.41 Å². The minimum atomic E-state index is -1.24. The van der Waals surface area contributed by atoms with Gasteiger partial charge in [0, 0.05) is 24.9 Å². The Hall–Kier alpha value is -1.39. The molecule has 1 saturated heterocycles. The van der Waals surface area contributed by atoms with Gasteiger partial charge in [0.25, 0.3) is 0 Å². The lowest BCUT2D eigenvalue weighted by molar-refractivity contribution is -0.164. The van der Waals surface area contributed by atoms with Crippen molar-refractivity contribution in [2.45, 2.75) is 41.0 Å². The predicted molar refractivity (Wildman–Crippen MR) is 74.9 cm³/mol. The van der Waals surface area contributed by atoms with Gasteiger partial charge in [-0.25, -0.2) is 0 Å². The number of esters is 1. The first-order valence-corrected chi connectivity index (χ1v) is 6.98. The molecule has 20 heavy (non-hydrogen) atoms. The van der Waals surface area contributed by atoms with Crippen molar-refractivity contribution in [1.82, 2.24) is 4.90 Å². The molecule has 1 amide bonds. The van der Waals surface area contributed by atoms with Crippen molar-refractivity contribution in [3.8, 4) is 0 Å². The van der Waals surface area contributed by atoms with Gasteiger partial charge in [0.2, 0.25) is 5.91 Å². The van der Waals surface area contributed by atoms with Crippen molar-refractivity contribution in [2.75, 3.05) is 20.2 Å². The highest BCUT2D eigenvalue weighted by Crippen LogP contribution is 2.33. The highest BCUT2D eigenvalue weighted by molar-refractivity contribution is 6.05. The molecule has 0 N–H and O–H groups in total. The molecule has 1 heterocycles. The lowest BCUT2D eigenvalue weighted by atomic mass is 9.76. The van der Waals surface area contributed by atoms with Crippen molar-refractivity contribution in [3.63, 3.8) is 0 Å². The molecule has 0 aromatic heterocycles. The highest BCUT2D eigenvalue weighted by Gasteiger charge is 2.49. The second-order valence-electron chi connectivity index (χ2n) is 6.60. The van der Waals surface area contributed by atoms with Crippen LogP contribution in [0, 0.1) is 16.7 Å². The third kappa shape index (κ3) is 2.72. The fourth-order valence-electron chi connectivity index (χ4n) is 2.29. The minimum absolute atomic E-state index is 0.0184. The van der Waals surface area contributed by atoms with Crippen molar-refractivity contribution < 1.29 is 19.1 Å². The topological polar surface area (TPSA) is 63.7 Å². The average Bonchev–Trinajstić information content (AvgIpc) is 2.39. The molecule has 1 aliphatic rings. The number of Topliss-reactive ketones (excluding diaryl/α,β-unsaturated/α-hetero) is 1. The van der Waals surface area contributed by atoms with Crippen LogP contribution in [-0.4, -0.2) is 42.8 Å². The Morgan fingerprint density at radius 1 is 1.35 bits per heavy atom. The van der Waals surface area contributed by atoms with E-state index in [1.54, 1.807) is 11.8 Å². The van der Waals surface area contributed by atoms with Crippen LogP contribution in [0.2, 0.25) is 0 Å². The summed E-state index contributed by atoms with van der Waals surface area (Å²) in [6, 6.07) is 0. The number of carbonyl (C=O) groups excluding carboxylic acids is 3.